The number of benzene rings is 1. The van der Waals surface area contributed by atoms with Gasteiger partial charge in [0.2, 0.25) is 0 Å². The van der Waals surface area contributed by atoms with E-state index in [0.29, 0.717) is 5.92 Å². The van der Waals surface area contributed by atoms with E-state index in [1.165, 1.54) is 0 Å². The second-order valence-corrected chi connectivity index (χ2v) is 7.49. The molecule has 1 aromatic heterocycles. The van der Waals surface area contributed by atoms with Crippen LogP contribution in [0.5, 0.6) is 0 Å². The Morgan fingerprint density at radius 3 is 2.81 bits per heavy atom. The third kappa shape index (κ3) is 9.57. The zero-order valence-electron chi connectivity index (χ0n) is 18.4. The number of hydrogen-bond acceptors (Lipinski definition) is 5. The van der Waals surface area contributed by atoms with E-state index in [0.717, 1.165) is 94.5 Å². The number of nitrogens with one attached hydrogen (secondary N) is 3. The third-order valence-corrected chi connectivity index (χ3v) is 5.08. The van der Waals surface area contributed by atoms with Gasteiger partial charge in [-0.1, -0.05) is 18.2 Å². The van der Waals surface area contributed by atoms with Gasteiger partial charge in [-0.2, -0.15) is 0 Å². The second kappa shape index (κ2) is 15.2. The molecule has 172 valence electrons. The van der Waals surface area contributed by atoms with Gasteiger partial charge in [-0.3, -0.25) is 4.99 Å². The summed E-state index contributed by atoms with van der Waals surface area (Å²) in [5.74, 6) is 2.39. The van der Waals surface area contributed by atoms with Crippen LogP contribution >= 0.6 is 24.0 Å². The Morgan fingerprint density at radius 1 is 1.13 bits per heavy atom. The maximum absolute atomic E-state index is 5.81. The maximum Gasteiger partial charge on any atom is 0.191 e. The van der Waals surface area contributed by atoms with Crippen molar-refractivity contribution in [3.63, 3.8) is 0 Å². The zero-order valence-corrected chi connectivity index (χ0v) is 20.8. The van der Waals surface area contributed by atoms with Crippen LogP contribution in [0, 0.1) is 5.92 Å². The number of ether oxygens (including phenoxy) is 2. The average Bonchev–Trinajstić information content (AvgIpc) is 2.79. The molecular formula is C23H36IN5O2. The van der Waals surface area contributed by atoms with Crippen molar-refractivity contribution in [1.82, 2.24) is 15.6 Å². The van der Waals surface area contributed by atoms with Gasteiger partial charge >= 0.3 is 0 Å². The van der Waals surface area contributed by atoms with Crippen LogP contribution in [0.2, 0.25) is 0 Å². The van der Waals surface area contributed by atoms with Crippen LogP contribution in [-0.2, 0) is 9.47 Å². The van der Waals surface area contributed by atoms with Crippen LogP contribution in [0.3, 0.4) is 0 Å². The molecule has 0 bridgehead atoms. The summed E-state index contributed by atoms with van der Waals surface area (Å²) in [6, 6.07) is 12.2. The summed E-state index contributed by atoms with van der Waals surface area (Å²) in [6.45, 7) is 8.56. The first kappa shape index (κ1) is 25.6. The van der Waals surface area contributed by atoms with Gasteiger partial charge in [0.15, 0.2) is 5.96 Å². The highest BCUT2D eigenvalue weighted by Gasteiger charge is 2.13. The maximum atomic E-state index is 5.81. The molecule has 1 aliphatic rings. The molecule has 7 nitrogen and oxygen atoms in total. The highest BCUT2D eigenvalue weighted by Crippen LogP contribution is 2.15. The molecule has 1 aliphatic heterocycles. The summed E-state index contributed by atoms with van der Waals surface area (Å²) in [4.78, 5) is 9.27. The van der Waals surface area contributed by atoms with Crippen molar-refractivity contribution in [2.45, 2.75) is 26.2 Å². The van der Waals surface area contributed by atoms with E-state index < -0.39 is 0 Å². The Hall–Kier alpha value is -1.65. The smallest absolute Gasteiger partial charge is 0.191 e. The highest BCUT2D eigenvalue weighted by atomic mass is 127. The normalized spacial score (nSPS) is 14.8. The van der Waals surface area contributed by atoms with Gasteiger partial charge in [-0.25, -0.2) is 4.98 Å². The highest BCUT2D eigenvalue weighted by molar-refractivity contribution is 14.0. The van der Waals surface area contributed by atoms with Crippen molar-refractivity contribution in [2.75, 3.05) is 57.9 Å². The number of anilines is 1. The van der Waals surface area contributed by atoms with Gasteiger partial charge in [0, 0.05) is 58.0 Å². The fraction of sp³-hybridized carbons (Fsp3) is 0.565. The Labute approximate surface area is 202 Å². The lowest BCUT2D eigenvalue weighted by Gasteiger charge is -2.21. The molecule has 2 heterocycles. The summed E-state index contributed by atoms with van der Waals surface area (Å²) in [7, 11) is 0. The van der Waals surface area contributed by atoms with Gasteiger partial charge in [0.25, 0.3) is 0 Å². The van der Waals surface area contributed by atoms with E-state index >= 15 is 0 Å². The monoisotopic (exact) mass is 541 g/mol. The Balaban J connectivity index is 0.00000341. The van der Waals surface area contributed by atoms with Crippen LogP contribution < -0.4 is 16.0 Å². The van der Waals surface area contributed by atoms with Crippen molar-refractivity contribution in [3.05, 3.63) is 36.4 Å². The number of halogens is 1. The molecule has 3 rings (SSSR count). The van der Waals surface area contributed by atoms with Gasteiger partial charge in [0.1, 0.15) is 5.82 Å². The first-order valence-electron chi connectivity index (χ1n) is 11.1. The van der Waals surface area contributed by atoms with Gasteiger partial charge in [-0.05, 0) is 50.3 Å². The number of fused-ring (bicyclic) bond motifs is 1. The molecule has 31 heavy (non-hydrogen) atoms. The van der Waals surface area contributed by atoms with Gasteiger partial charge in [0.05, 0.1) is 5.52 Å². The quantitative estimate of drug-likeness (QED) is 0.175. The van der Waals surface area contributed by atoms with Gasteiger partial charge in [-0.15, -0.1) is 24.0 Å². The molecule has 1 saturated heterocycles. The largest absolute Gasteiger partial charge is 0.381 e. The number of aromatic nitrogens is 1. The topological polar surface area (TPSA) is 79.8 Å². The first-order chi connectivity index (χ1) is 14.8. The SMILES string of the molecule is CCNC(=NCCCOCC1CCOCC1)NCCNc1ccc2ccccc2n1.I. The van der Waals surface area contributed by atoms with Crippen LogP contribution in [0.1, 0.15) is 26.2 Å². The zero-order chi connectivity index (χ0) is 20.9. The molecule has 3 N–H and O–H groups in total. The molecule has 8 heteroatoms. The predicted molar refractivity (Wildman–Crippen MR) is 139 cm³/mol. The molecule has 1 fully saturated rings. The van der Waals surface area contributed by atoms with E-state index in [9.17, 15) is 0 Å². The minimum absolute atomic E-state index is 0. The van der Waals surface area contributed by atoms with Crippen molar-refractivity contribution in [1.29, 1.82) is 0 Å². The molecule has 1 aromatic carbocycles. The van der Waals surface area contributed by atoms with E-state index in [1.54, 1.807) is 0 Å². The molecule has 0 radical (unpaired) electrons. The number of aliphatic imine (C=N–C) groups is 1. The Bertz CT molecular complexity index is 783. The lowest BCUT2D eigenvalue weighted by atomic mass is 10.0. The van der Waals surface area contributed by atoms with Crippen molar-refractivity contribution < 1.29 is 9.47 Å². The summed E-state index contributed by atoms with van der Waals surface area (Å²) in [6.07, 6.45) is 3.17. The lowest BCUT2D eigenvalue weighted by Crippen LogP contribution is -2.39. The molecule has 0 atom stereocenters. The standard InChI is InChI=1S/C23H35N5O2.HI/c1-2-24-23(26-12-5-15-30-18-19-10-16-29-17-11-19)27-14-13-25-22-9-8-20-6-3-4-7-21(20)28-22;/h3-4,6-9,19H,2,5,10-18H2,1H3,(H,25,28)(H2,24,26,27);1H. The van der Waals surface area contributed by atoms with E-state index in [1.807, 2.05) is 24.3 Å². The number of rotatable bonds is 11. The minimum Gasteiger partial charge on any atom is -0.381 e. The van der Waals surface area contributed by atoms with Crippen LogP contribution in [0.4, 0.5) is 5.82 Å². The number of para-hydroxylation sites is 1. The first-order valence-corrected chi connectivity index (χ1v) is 11.1. The number of nitrogens with zero attached hydrogens (tertiary/aromatic N) is 2. The fourth-order valence-corrected chi connectivity index (χ4v) is 3.40. The molecule has 0 amide bonds. The third-order valence-electron chi connectivity index (χ3n) is 5.08. The predicted octanol–water partition coefficient (Wildman–Crippen LogP) is 3.65. The molecule has 0 unspecified atom stereocenters. The number of guanidine groups is 1. The van der Waals surface area contributed by atoms with E-state index in [-0.39, 0.29) is 24.0 Å². The van der Waals surface area contributed by atoms with Crippen molar-refractivity contribution in [3.8, 4) is 0 Å². The van der Waals surface area contributed by atoms with Gasteiger partial charge < -0.3 is 25.4 Å². The van der Waals surface area contributed by atoms with E-state index in [2.05, 4.69) is 45.0 Å². The van der Waals surface area contributed by atoms with E-state index in [4.69, 9.17) is 9.47 Å². The molecule has 0 saturated carbocycles. The Morgan fingerprint density at radius 2 is 1.97 bits per heavy atom. The molecular weight excluding hydrogens is 505 g/mol. The summed E-state index contributed by atoms with van der Waals surface area (Å²) >= 11 is 0. The van der Waals surface area contributed by atoms with Crippen molar-refractivity contribution >= 4 is 46.7 Å². The fourth-order valence-electron chi connectivity index (χ4n) is 3.40. The second-order valence-electron chi connectivity index (χ2n) is 7.49. The molecule has 0 spiro atoms. The van der Waals surface area contributed by atoms with Crippen LogP contribution in [-0.4, -0.2) is 63.6 Å². The summed E-state index contributed by atoms with van der Waals surface area (Å²) in [5, 5.41) is 11.2. The van der Waals surface area contributed by atoms with Crippen LogP contribution in [0.25, 0.3) is 10.9 Å². The lowest BCUT2D eigenvalue weighted by molar-refractivity contribution is 0.0205. The Kier molecular flexibility index (Phi) is 12.6. The van der Waals surface area contributed by atoms with Crippen molar-refractivity contribution in [2.24, 2.45) is 10.9 Å². The number of pyridine rings is 1. The summed E-state index contributed by atoms with van der Waals surface area (Å²) < 4.78 is 11.2. The average molecular weight is 541 g/mol. The van der Waals surface area contributed by atoms with Crippen LogP contribution in [0.15, 0.2) is 41.4 Å². The minimum atomic E-state index is 0. The number of hydrogen-bond donors (Lipinski definition) is 3. The molecule has 0 aliphatic carbocycles. The summed E-state index contributed by atoms with van der Waals surface area (Å²) in [5.41, 5.74) is 1.00. The molecule has 2 aromatic rings.